The Labute approximate surface area is 125 Å². The average Bonchev–Trinajstić information content (AvgIpc) is 2.68. The quantitative estimate of drug-likeness (QED) is 0.659. The largest absolute Gasteiger partial charge is 0.288 e. The average molecular weight is 331 g/mol. The number of nitro groups is 1. The van der Waals surface area contributed by atoms with Gasteiger partial charge in [0.15, 0.2) is 0 Å². The van der Waals surface area contributed by atoms with Gasteiger partial charge in [-0.05, 0) is 26.0 Å². The first-order chi connectivity index (χ1) is 9.72. The number of aryl methyl sites for hydroxylation is 2. The van der Waals surface area contributed by atoms with E-state index < -0.39 is 14.9 Å². The molecular weight excluding hydrogens is 320 g/mol. The van der Waals surface area contributed by atoms with Gasteiger partial charge in [-0.25, -0.2) is 8.42 Å². The predicted molar refractivity (Wildman–Crippen MR) is 77.0 cm³/mol. The van der Waals surface area contributed by atoms with Gasteiger partial charge in [-0.2, -0.15) is 5.10 Å². The molecule has 21 heavy (non-hydrogen) atoms. The summed E-state index contributed by atoms with van der Waals surface area (Å²) in [6.07, 6.45) is 0. The fraction of sp³-hybridized carbons (Fsp3) is 0.182. The van der Waals surface area contributed by atoms with Crippen molar-refractivity contribution in [3.63, 3.8) is 0 Å². The first kappa shape index (κ1) is 15.3. The van der Waals surface area contributed by atoms with Crippen LogP contribution in [0.3, 0.4) is 0 Å². The third-order valence-electron chi connectivity index (χ3n) is 2.73. The van der Waals surface area contributed by atoms with Gasteiger partial charge in [0.05, 0.1) is 22.0 Å². The zero-order valence-corrected chi connectivity index (χ0v) is 12.6. The van der Waals surface area contributed by atoms with Crippen molar-refractivity contribution in [3.05, 3.63) is 44.7 Å². The van der Waals surface area contributed by atoms with Crippen molar-refractivity contribution < 1.29 is 13.3 Å². The number of sulfonamides is 1. The smallest absolute Gasteiger partial charge is 0.281 e. The molecule has 0 radical (unpaired) electrons. The summed E-state index contributed by atoms with van der Waals surface area (Å²) in [7, 11) is -3.85. The highest BCUT2D eigenvalue weighted by molar-refractivity contribution is 7.92. The number of rotatable bonds is 4. The van der Waals surface area contributed by atoms with Gasteiger partial charge in [0.25, 0.3) is 15.7 Å². The number of aromatic nitrogens is 2. The lowest BCUT2D eigenvalue weighted by Crippen LogP contribution is -2.14. The second kappa shape index (κ2) is 5.34. The molecule has 2 rings (SSSR count). The first-order valence-electron chi connectivity index (χ1n) is 5.70. The number of nitrogens with one attached hydrogen (secondary N) is 2. The topological polar surface area (TPSA) is 118 Å². The van der Waals surface area contributed by atoms with E-state index in [-0.39, 0.29) is 21.3 Å². The van der Waals surface area contributed by atoms with E-state index in [0.29, 0.717) is 11.4 Å². The van der Waals surface area contributed by atoms with E-state index in [9.17, 15) is 18.5 Å². The molecule has 112 valence electrons. The molecule has 0 saturated carbocycles. The zero-order valence-electron chi connectivity index (χ0n) is 11.0. The highest BCUT2D eigenvalue weighted by Gasteiger charge is 2.23. The maximum atomic E-state index is 12.3. The molecular formula is C11H11ClN4O4S. The normalized spacial score (nSPS) is 11.4. The van der Waals surface area contributed by atoms with Crippen LogP contribution in [0.15, 0.2) is 23.1 Å². The second-order valence-electron chi connectivity index (χ2n) is 4.29. The van der Waals surface area contributed by atoms with Crippen molar-refractivity contribution in [1.82, 2.24) is 10.2 Å². The van der Waals surface area contributed by atoms with Gasteiger partial charge in [0, 0.05) is 6.07 Å². The van der Waals surface area contributed by atoms with Crippen LogP contribution in [0.2, 0.25) is 5.02 Å². The predicted octanol–water partition coefficient (Wildman–Crippen LogP) is 2.39. The van der Waals surface area contributed by atoms with Crippen molar-refractivity contribution in [1.29, 1.82) is 0 Å². The van der Waals surface area contributed by atoms with Crippen LogP contribution in [0.1, 0.15) is 11.4 Å². The van der Waals surface area contributed by atoms with E-state index in [0.717, 1.165) is 6.07 Å². The molecule has 0 amide bonds. The van der Waals surface area contributed by atoms with E-state index in [4.69, 9.17) is 11.6 Å². The van der Waals surface area contributed by atoms with Crippen molar-refractivity contribution >= 4 is 33.0 Å². The van der Waals surface area contributed by atoms with Crippen LogP contribution < -0.4 is 4.72 Å². The molecule has 0 spiro atoms. The maximum Gasteiger partial charge on any atom is 0.288 e. The van der Waals surface area contributed by atoms with Gasteiger partial charge in [0.1, 0.15) is 9.92 Å². The number of H-pyrrole nitrogens is 1. The standard InChI is InChI=1S/C11H11ClN4O4S/c1-6-11(7(2)14-13-6)21(19,20)15-8-3-4-10(16(17)18)9(12)5-8/h3-5,15H,1-2H3,(H,13,14). The number of hydrogen-bond acceptors (Lipinski definition) is 5. The van der Waals surface area contributed by atoms with Gasteiger partial charge in [-0.3, -0.25) is 19.9 Å². The summed E-state index contributed by atoms with van der Waals surface area (Å²) < 4.78 is 26.9. The molecule has 1 aromatic heterocycles. The lowest BCUT2D eigenvalue weighted by molar-refractivity contribution is -0.384. The summed E-state index contributed by atoms with van der Waals surface area (Å²) in [6.45, 7) is 3.14. The van der Waals surface area contributed by atoms with Crippen LogP contribution >= 0.6 is 11.6 Å². The van der Waals surface area contributed by atoms with Crippen LogP contribution in [0.4, 0.5) is 11.4 Å². The lowest BCUT2D eigenvalue weighted by Gasteiger charge is -2.08. The van der Waals surface area contributed by atoms with Crippen LogP contribution in [0.5, 0.6) is 0 Å². The minimum atomic E-state index is -3.85. The van der Waals surface area contributed by atoms with Crippen molar-refractivity contribution in [3.8, 4) is 0 Å². The summed E-state index contributed by atoms with van der Waals surface area (Å²) in [5.74, 6) is 0. The van der Waals surface area contributed by atoms with Crippen LogP contribution in [-0.4, -0.2) is 23.5 Å². The van der Waals surface area contributed by atoms with E-state index in [2.05, 4.69) is 14.9 Å². The minimum absolute atomic E-state index is 0.0389. The fourth-order valence-corrected chi connectivity index (χ4v) is 3.53. The molecule has 1 heterocycles. The molecule has 2 aromatic rings. The highest BCUT2D eigenvalue weighted by Crippen LogP contribution is 2.29. The number of aromatic amines is 1. The van der Waals surface area contributed by atoms with Crippen LogP contribution in [-0.2, 0) is 10.0 Å². The summed E-state index contributed by atoms with van der Waals surface area (Å²) >= 11 is 5.75. The Morgan fingerprint density at radius 1 is 1.38 bits per heavy atom. The minimum Gasteiger partial charge on any atom is -0.281 e. The molecule has 10 heteroatoms. The molecule has 0 aliphatic heterocycles. The number of nitro benzene ring substituents is 1. The van der Waals surface area contributed by atoms with E-state index in [1.54, 1.807) is 13.8 Å². The van der Waals surface area contributed by atoms with Gasteiger partial charge in [-0.1, -0.05) is 11.6 Å². The van der Waals surface area contributed by atoms with Gasteiger partial charge >= 0.3 is 0 Å². The number of hydrogen-bond donors (Lipinski definition) is 2. The number of halogens is 1. The monoisotopic (exact) mass is 330 g/mol. The van der Waals surface area contributed by atoms with Crippen LogP contribution in [0.25, 0.3) is 0 Å². The van der Waals surface area contributed by atoms with E-state index in [1.807, 2.05) is 0 Å². The molecule has 0 saturated heterocycles. The highest BCUT2D eigenvalue weighted by atomic mass is 35.5. The number of nitrogens with zero attached hydrogens (tertiary/aromatic N) is 2. The van der Waals surface area contributed by atoms with Crippen molar-refractivity contribution in [2.24, 2.45) is 0 Å². The third-order valence-corrected chi connectivity index (χ3v) is 4.67. The summed E-state index contributed by atoms with van der Waals surface area (Å²) in [5.41, 5.74) is 0.557. The molecule has 1 aromatic carbocycles. The molecule has 0 bridgehead atoms. The first-order valence-corrected chi connectivity index (χ1v) is 7.57. The Morgan fingerprint density at radius 3 is 2.52 bits per heavy atom. The molecule has 2 N–H and O–H groups in total. The molecule has 0 atom stereocenters. The van der Waals surface area contributed by atoms with Crippen LogP contribution in [0, 0.1) is 24.0 Å². The third kappa shape index (κ3) is 2.98. The Bertz CT molecular complexity index is 796. The molecule has 0 fully saturated rings. The maximum absolute atomic E-state index is 12.3. The molecule has 8 nitrogen and oxygen atoms in total. The summed E-state index contributed by atoms with van der Waals surface area (Å²) in [5, 5.41) is 16.9. The second-order valence-corrected chi connectivity index (χ2v) is 6.32. The van der Waals surface area contributed by atoms with Gasteiger partial charge < -0.3 is 0 Å². The van der Waals surface area contributed by atoms with Crippen molar-refractivity contribution in [2.75, 3.05) is 4.72 Å². The van der Waals surface area contributed by atoms with Gasteiger partial charge in [0.2, 0.25) is 0 Å². The molecule has 0 aliphatic rings. The Balaban J connectivity index is 2.38. The molecule has 0 unspecified atom stereocenters. The fourth-order valence-electron chi connectivity index (χ4n) is 1.86. The number of benzene rings is 1. The summed E-state index contributed by atoms with van der Waals surface area (Å²) in [6, 6.07) is 3.59. The Kier molecular flexibility index (Phi) is 3.88. The molecule has 0 aliphatic carbocycles. The van der Waals surface area contributed by atoms with E-state index in [1.165, 1.54) is 12.1 Å². The van der Waals surface area contributed by atoms with Crippen molar-refractivity contribution in [2.45, 2.75) is 18.7 Å². The lowest BCUT2D eigenvalue weighted by atomic mass is 10.3. The Morgan fingerprint density at radius 2 is 2.05 bits per heavy atom. The SMILES string of the molecule is Cc1n[nH]c(C)c1S(=O)(=O)Nc1ccc([N+](=O)[O-])c(Cl)c1. The number of anilines is 1. The van der Waals surface area contributed by atoms with Gasteiger partial charge in [-0.15, -0.1) is 0 Å². The zero-order chi connectivity index (χ0) is 15.8. The summed E-state index contributed by atoms with van der Waals surface area (Å²) in [4.78, 5) is 10.1. The Hall–Kier alpha value is -2.13. The van der Waals surface area contributed by atoms with E-state index >= 15 is 0 Å².